The van der Waals surface area contributed by atoms with Gasteiger partial charge in [0, 0.05) is 11.1 Å². The molecule has 2 aromatic carbocycles. The van der Waals surface area contributed by atoms with Gasteiger partial charge >= 0.3 is 0 Å². The highest BCUT2D eigenvalue weighted by atomic mass is 35.5. The first-order chi connectivity index (χ1) is 9.60. The summed E-state index contributed by atoms with van der Waals surface area (Å²) >= 11 is 5.83. The molecule has 0 aliphatic carbocycles. The zero-order valence-electron chi connectivity index (χ0n) is 10.8. The molecule has 0 spiro atoms. The standard InChI is InChI=1S/C15H13ClF2N2/c1-2-14(10-3-5-11(16)6-4-10)19-20-15-8-7-12(17)9-13(15)18/h3-9,20H,2H2,1H3/b19-14+. The molecule has 0 aromatic heterocycles. The first kappa shape index (κ1) is 14.5. The Morgan fingerprint density at radius 1 is 1.15 bits per heavy atom. The lowest BCUT2D eigenvalue weighted by atomic mass is 10.1. The van der Waals surface area contributed by atoms with Crippen molar-refractivity contribution in [1.82, 2.24) is 0 Å². The summed E-state index contributed by atoms with van der Waals surface area (Å²) in [5.41, 5.74) is 4.40. The molecule has 0 saturated heterocycles. The molecule has 2 rings (SSSR count). The summed E-state index contributed by atoms with van der Waals surface area (Å²) < 4.78 is 26.3. The number of halogens is 3. The smallest absolute Gasteiger partial charge is 0.151 e. The Labute approximate surface area is 121 Å². The maximum absolute atomic E-state index is 13.5. The van der Waals surface area contributed by atoms with E-state index in [2.05, 4.69) is 10.5 Å². The number of rotatable bonds is 4. The summed E-state index contributed by atoms with van der Waals surface area (Å²) in [5, 5.41) is 4.80. The van der Waals surface area contributed by atoms with Crippen LogP contribution in [0.1, 0.15) is 18.9 Å². The summed E-state index contributed by atoms with van der Waals surface area (Å²) in [7, 11) is 0. The molecule has 20 heavy (non-hydrogen) atoms. The van der Waals surface area contributed by atoms with E-state index in [-0.39, 0.29) is 5.69 Å². The van der Waals surface area contributed by atoms with Gasteiger partial charge in [-0.1, -0.05) is 30.7 Å². The Hall–Kier alpha value is -1.94. The van der Waals surface area contributed by atoms with Crippen LogP contribution in [-0.4, -0.2) is 5.71 Å². The SMILES string of the molecule is CC/C(=N\Nc1ccc(F)cc1F)c1ccc(Cl)cc1. The third-order valence-electron chi connectivity index (χ3n) is 2.75. The van der Waals surface area contributed by atoms with Crippen molar-refractivity contribution < 1.29 is 8.78 Å². The van der Waals surface area contributed by atoms with Gasteiger partial charge in [0.2, 0.25) is 0 Å². The van der Waals surface area contributed by atoms with E-state index in [9.17, 15) is 8.78 Å². The van der Waals surface area contributed by atoms with Crippen LogP contribution >= 0.6 is 11.6 Å². The number of anilines is 1. The van der Waals surface area contributed by atoms with Crippen molar-refractivity contribution in [3.63, 3.8) is 0 Å². The van der Waals surface area contributed by atoms with Crippen molar-refractivity contribution >= 4 is 23.0 Å². The van der Waals surface area contributed by atoms with Crippen LogP contribution in [0.4, 0.5) is 14.5 Å². The molecular weight excluding hydrogens is 282 g/mol. The minimum atomic E-state index is -0.680. The molecule has 0 amide bonds. The Morgan fingerprint density at radius 2 is 1.85 bits per heavy atom. The third-order valence-corrected chi connectivity index (χ3v) is 3.01. The summed E-state index contributed by atoms with van der Waals surface area (Å²) in [6.45, 7) is 1.94. The van der Waals surface area contributed by atoms with Crippen LogP contribution in [0.25, 0.3) is 0 Å². The van der Waals surface area contributed by atoms with Gasteiger partial charge in [-0.2, -0.15) is 5.10 Å². The fourth-order valence-electron chi connectivity index (χ4n) is 1.70. The Balaban J connectivity index is 2.21. The number of hydrazone groups is 1. The van der Waals surface area contributed by atoms with Gasteiger partial charge in [0.1, 0.15) is 5.82 Å². The monoisotopic (exact) mass is 294 g/mol. The molecule has 0 aliphatic heterocycles. The average molecular weight is 295 g/mol. The number of benzene rings is 2. The van der Waals surface area contributed by atoms with Gasteiger partial charge in [-0.3, -0.25) is 5.43 Å². The molecule has 0 radical (unpaired) electrons. The molecule has 5 heteroatoms. The second-order valence-electron chi connectivity index (χ2n) is 4.15. The molecule has 104 valence electrons. The highest BCUT2D eigenvalue weighted by molar-refractivity contribution is 6.30. The van der Waals surface area contributed by atoms with Gasteiger partial charge in [-0.25, -0.2) is 8.78 Å². The van der Waals surface area contributed by atoms with Gasteiger partial charge < -0.3 is 0 Å². The van der Waals surface area contributed by atoms with Crippen LogP contribution < -0.4 is 5.43 Å². The van der Waals surface area contributed by atoms with Crippen LogP contribution in [0.5, 0.6) is 0 Å². The van der Waals surface area contributed by atoms with Gasteiger partial charge in [-0.05, 0) is 36.2 Å². The van der Waals surface area contributed by atoms with E-state index < -0.39 is 11.6 Å². The normalized spacial score (nSPS) is 11.5. The third kappa shape index (κ3) is 3.54. The van der Waals surface area contributed by atoms with E-state index in [0.29, 0.717) is 11.4 Å². The van der Waals surface area contributed by atoms with Crippen LogP contribution in [0.3, 0.4) is 0 Å². The molecule has 0 unspecified atom stereocenters. The Kier molecular flexibility index (Phi) is 4.69. The summed E-state index contributed by atoms with van der Waals surface area (Å²) in [6.07, 6.45) is 0.664. The summed E-state index contributed by atoms with van der Waals surface area (Å²) in [6, 6.07) is 10.5. The second-order valence-corrected chi connectivity index (χ2v) is 4.59. The van der Waals surface area contributed by atoms with Crippen molar-refractivity contribution in [3.8, 4) is 0 Å². The number of hydrogen-bond donors (Lipinski definition) is 1. The van der Waals surface area contributed by atoms with Crippen LogP contribution in [-0.2, 0) is 0 Å². The second kappa shape index (κ2) is 6.48. The summed E-state index contributed by atoms with van der Waals surface area (Å²) in [4.78, 5) is 0. The predicted octanol–water partition coefficient (Wildman–Crippen LogP) is 4.84. The van der Waals surface area contributed by atoms with Crippen LogP contribution in [0.2, 0.25) is 5.02 Å². The minimum Gasteiger partial charge on any atom is -0.275 e. The molecule has 1 N–H and O–H groups in total. The molecule has 0 fully saturated rings. The van der Waals surface area contributed by atoms with E-state index >= 15 is 0 Å². The fraction of sp³-hybridized carbons (Fsp3) is 0.133. The van der Waals surface area contributed by atoms with E-state index in [1.54, 1.807) is 12.1 Å². The molecule has 0 atom stereocenters. The largest absolute Gasteiger partial charge is 0.275 e. The number of nitrogens with one attached hydrogen (secondary N) is 1. The van der Waals surface area contributed by atoms with Crippen molar-refractivity contribution in [3.05, 3.63) is 64.7 Å². The first-order valence-corrected chi connectivity index (χ1v) is 6.51. The van der Waals surface area contributed by atoms with Gasteiger partial charge in [0.15, 0.2) is 5.82 Å². The van der Waals surface area contributed by atoms with Crippen molar-refractivity contribution in [2.75, 3.05) is 5.43 Å². The average Bonchev–Trinajstić information content (AvgIpc) is 2.43. The molecule has 0 bridgehead atoms. The van der Waals surface area contributed by atoms with Crippen LogP contribution in [0, 0.1) is 11.6 Å². The predicted molar refractivity (Wildman–Crippen MR) is 78.3 cm³/mol. The quantitative estimate of drug-likeness (QED) is 0.633. The zero-order valence-corrected chi connectivity index (χ0v) is 11.6. The van der Waals surface area contributed by atoms with E-state index in [1.807, 2.05) is 19.1 Å². The number of hydrogen-bond acceptors (Lipinski definition) is 2. The van der Waals surface area contributed by atoms with Crippen molar-refractivity contribution in [1.29, 1.82) is 0 Å². The molecule has 2 nitrogen and oxygen atoms in total. The van der Waals surface area contributed by atoms with E-state index in [1.165, 1.54) is 12.1 Å². The zero-order chi connectivity index (χ0) is 14.5. The highest BCUT2D eigenvalue weighted by Gasteiger charge is 2.04. The molecule has 0 heterocycles. The number of nitrogens with zero attached hydrogens (tertiary/aromatic N) is 1. The molecule has 0 saturated carbocycles. The fourth-order valence-corrected chi connectivity index (χ4v) is 1.82. The maximum Gasteiger partial charge on any atom is 0.151 e. The van der Waals surface area contributed by atoms with Gasteiger partial charge in [0.05, 0.1) is 11.4 Å². The molecule has 0 aliphatic rings. The topological polar surface area (TPSA) is 24.4 Å². The Morgan fingerprint density at radius 3 is 2.45 bits per heavy atom. The van der Waals surface area contributed by atoms with E-state index in [4.69, 9.17) is 11.6 Å². The Bertz CT molecular complexity index is 624. The van der Waals surface area contributed by atoms with Crippen LogP contribution in [0.15, 0.2) is 47.6 Å². The lowest BCUT2D eigenvalue weighted by Crippen LogP contribution is -2.04. The maximum atomic E-state index is 13.5. The molecular formula is C15H13ClF2N2. The first-order valence-electron chi connectivity index (χ1n) is 6.13. The minimum absolute atomic E-state index is 0.131. The lowest BCUT2D eigenvalue weighted by Gasteiger charge is -2.07. The lowest BCUT2D eigenvalue weighted by molar-refractivity contribution is 0.585. The summed E-state index contributed by atoms with van der Waals surface area (Å²) in [5.74, 6) is -1.30. The highest BCUT2D eigenvalue weighted by Crippen LogP contribution is 2.16. The van der Waals surface area contributed by atoms with Gasteiger partial charge in [-0.15, -0.1) is 0 Å². The van der Waals surface area contributed by atoms with Crippen molar-refractivity contribution in [2.45, 2.75) is 13.3 Å². The van der Waals surface area contributed by atoms with Crippen molar-refractivity contribution in [2.24, 2.45) is 5.10 Å². The molecule has 2 aromatic rings. The van der Waals surface area contributed by atoms with Gasteiger partial charge in [0.25, 0.3) is 0 Å². The van der Waals surface area contributed by atoms with E-state index in [0.717, 1.165) is 17.3 Å².